The van der Waals surface area contributed by atoms with E-state index in [9.17, 15) is 9.59 Å². The zero-order valence-electron chi connectivity index (χ0n) is 9.91. The number of carbonyl (C=O) groups is 2. The van der Waals surface area contributed by atoms with E-state index < -0.39 is 11.8 Å². The van der Waals surface area contributed by atoms with E-state index in [2.05, 4.69) is 10.6 Å². The van der Waals surface area contributed by atoms with Gasteiger partial charge in [0.15, 0.2) is 0 Å². The summed E-state index contributed by atoms with van der Waals surface area (Å²) in [4.78, 5) is 22.6. The molecule has 0 aliphatic heterocycles. The molecule has 0 aliphatic rings. The summed E-state index contributed by atoms with van der Waals surface area (Å²) in [5, 5.41) is 13.3. The van der Waals surface area contributed by atoms with Crippen molar-refractivity contribution in [2.75, 3.05) is 18.5 Å². The first-order valence-electron chi connectivity index (χ1n) is 5.32. The van der Waals surface area contributed by atoms with Crippen molar-refractivity contribution in [2.45, 2.75) is 13.8 Å². The number of amides is 2. The smallest absolute Gasteiger partial charge is 0.313 e. The van der Waals surface area contributed by atoms with E-state index in [4.69, 9.17) is 5.11 Å². The van der Waals surface area contributed by atoms with Crippen LogP contribution in [-0.2, 0) is 9.59 Å². The molecule has 0 radical (unpaired) electrons. The van der Waals surface area contributed by atoms with Crippen LogP contribution in [0.2, 0.25) is 0 Å². The third kappa shape index (κ3) is 3.88. The fourth-order valence-electron chi connectivity index (χ4n) is 1.26. The van der Waals surface area contributed by atoms with E-state index in [0.29, 0.717) is 5.69 Å². The minimum Gasteiger partial charge on any atom is -0.395 e. The van der Waals surface area contributed by atoms with Crippen molar-refractivity contribution in [1.29, 1.82) is 0 Å². The summed E-state index contributed by atoms with van der Waals surface area (Å²) in [5.74, 6) is -1.49. The monoisotopic (exact) mass is 236 g/mol. The summed E-state index contributed by atoms with van der Waals surface area (Å²) in [7, 11) is 0. The Morgan fingerprint density at radius 2 is 1.88 bits per heavy atom. The molecule has 0 aromatic heterocycles. The molecule has 3 N–H and O–H groups in total. The maximum atomic E-state index is 11.4. The van der Waals surface area contributed by atoms with Gasteiger partial charge in [-0.2, -0.15) is 0 Å². The second-order valence-electron chi connectivity index (χ2n) is 3.73. The summed E-state index contributed by atoms with van der Waals surface area (Å²) >= 11 is 0. The molecule has 0 atom stereocenters. The molecule has 5 heteroatoms. The molecule has 92 valence electrons. The van der Waals surface area contributed by atoms with Crippen molar-refractivity contribution in [1.82, 2.24) is 5.32 Å². The number of aryl methyl sites for hydroxylation is 2. The van der Waals surface area contributed by atoms with E-state index in [0.717, 1.165) is 11.1 Å². The fourth-order valence-corrected chi connectivity index (χ4v) is 1.26. The number of nitrogens with one attached hydrogen (secondary N) is 2. The Bertz CT molecular complexity index is 430. The van der Waals surface area contributed by atoms with Crippen molar-refractivity contribution in [3.05, 3.63) is 29.3 Å². The molecule has 0 fully saturated rings. The van der Waals surface area contributed by atoms with Gasteiger partial charge in [-0.3, -0.25) is 9.59 Å². The van der Waals surface area contributed by atoms with Crippen LogP contribution in [0.15, 0.2) is 18.2 Å². The van der Waals surface area contributed by atoms with Gasteiger partial charge in [0.05, 0.1) is 6.61 Å². The molecule has 0 saturated heterocycles. The normalized spacial score (nSPS) is 9.82. The first-order chi connectivity index (χ1) is 8.04. The molecule has 5 nitrogen and oxygen atoms in total. The minimum absolute atomic E-state index is 0.0686. The first kappa shape index (κ1) is 13.2. The van der Waals surface area contributed by atoms with Gasteiger partial charge in [-0.25, -0.2) is 0 Å². The zero-order valence-corrected chi connectivity index (χ0v) is 9.91. The van der Waals surface area contributed by atoms with Gasteiger partial charge in [-0.15, -0.1) is 0 Å². The first-order valence-corrected chi connectivity index (χ1v) is 5.32. The summed E-state index contributed by atoms with van der Waals surface area (Å²) < 4.78 is 0. The lowest BCUT2D eigenvalue weighted by atomic mass is 10.1. The molecule has 0 bridgehead atoms. The number of anilines is 1. The molecule has 17 heavy (non-hydrogen) atoms. The average molecular weight is 236 g/mol. The second kappa shape index (κ2) is 6.00. The van der Waals surface area contributed by atoms with Crippen LogP contribution in [0.25, 0.3) is 0 Å². The number of carbonyl (C=O) groups excluding carboxylic acids is 2. The van der Waals surface area contributed by atoms with Gasteiger partial charge in [-0.05, 0) is 37.1 Å². The highest BCUT2D eigenvalue weighted by molar-refractivity contribution is 6.39. The quantitative estimate of drug-likeness (QED) is 0.663. The number of hydrogen-bond donors (Lipinski definition) is 3. The lowest BCUT2D eigenvalue weighted by molar-refractivity contribution is -0.136. The zero-order chi connectivity index (χ0) is 12.8. The number of rotatable bonds is 3. The van der Waals surface area contributed by atoms with Crippen LogP contribution in [0, 0.1) is 13.8 Å². The Kier molecular flexibility index (Phi) is 4.66. The molecule has 0 saturated carbocycles. The molecule has 1 rings (SSSR count). The van der Waals surface area contributed by atoms with Gasteiger partial charge >= 0.3 is 11.8 Å². The lowest BCUT2D eigenvalue weighted by Gasteiger charge is -2.07. The molecule has 1 aromatic rings. The topological polar surface area (TPSA) is 78.4 Å². The van der Waals surface area contributed by atoms with E-state index in [1.54, 1.807) is 12.1 Å². The number of hydrogen-bond acceptors (Lipinski definition) is 3. The molecule has 0 heterocycles. The van der Waals surface area contributed by atoms with Crippen LogP contribution in [0.1, 0.15) is 11.1 Å². The van der Waals surface area contributed by atoms with Gasteiger partial charge in [-0.1, -0.05) is 6.07 Å². The highest BCUT2D eigenvalue weighted by atomic mass is 16.3. The highest BCUT2D eigenvalue weighted by Crippen LogP contribution is 2.13. The molecule has 0 spiro atoms. The molecule has 0 aliphatic carbocycles. The predicted octanol–water partition coefficient (Wildman–Crippen LogP) is 0.350. The SMILES string of the molecule is Cc1ccc(NC(=O)C(=O)NCCO)cc1C. The van der Waals surface area contributed by atoms with E-state index in [1.165, 1.54) is 0 Å². The molecule has 0 unspecified atom stereocenters. The lowest BCUT2D eigenvalue weighted by Crippen LogP contribution is -2.36. The largest absolute Gasteiger partial charge is 0.395 e. The highest BCUT2D eigenvalue weighted by Gasteiger charge is 2.12. The average Bonchev–Trinajstić information content (AvgIpc) is 2.30. The second-order valence-corrected chi connectivity index (χ2v) is 3.73. The van der Waals surface area contributed by atoms with Crippen molar-refractivity contribution >= 4 is 17.5 Å². The maximum Gasteiger partial charge on any atom is 0.313 e. The summed E-state index contributed by atoms with van der Waals surface area (Å²) in [6, 6.07) is 5.41. The predicted molar refractivity (Wildman–Crippen MR) is 64.6 cm³/mol. The Morgan fingerprint density at radius 3 is 2.47 bits per heavy atom. The summed E-state index contributed by atoms with van der Waals surface area (Å²) in [6.07, 6.45) is 0. The van der Waals surface area contributed by atoms with Crippen molar-refractivity contribution in [3.8, 4) is 0 Å². The fraction of sp³-hybridized carbons (Fsp3) is 0.333. The van der Waals surface area contributed by atoms with Gasteiger partial charge in [0.1, 0.15) is 0 Å². The van der Waals surface area contributed by atoms with Gasteiger partial charge in [0.2, 0.25) is 0 Å². The Labute approximate surface area is 99.8 Å². The van der Waals surface area contributed by atoms with Crippen LogP contribution < -0.4 is 10.6 Å². The Balaban J connectivity index is 2.61. The molecule has 2 amide bonds. The van der Waals surface area contributed by atoms with Crippen molar-refractivity contribution < 1.29 is 14.7 Å². The number of benzene rings is 1. The van der Waals surface area contributed by atoms with E-state index in [-0.39, 0.29) is 13.2 Å². The number of aliphatic hydroxyl groups excluding tert-OH is 1. The van der Waals surface area contributed by atoms with Crippen LogP contribution >= 0.6 is 0 Å². The molecular weight excluding hydrogens is 220 g/mol. The van der Waals surface area contributed by atoms with Gasteiger partial charge in [0.25, 0.3) is 0 Å². The third-order valence-electron chi connectivity index (χ3n) is 2.37. The van der Waals surface area contributed by atoms with Crippen LogP contribution in [-0.4, -0.2) is 30.1 Å². The Morgan fingerprint density at radius 1 is 1.18 bits per heavy atom. The Hall–Kier alpha value is -1.88. The van der Waals surface area contributed by atoms with Gasteiger partial charge < -0.3 is 15.7 Å². The van der Waals surface area contributed by atoms with Crippen LogP contribution in [0.5, 0.6) is 0 Å². The van der Waals surface area contributed by atoms with Crippen molar-refractivity contribution in [2.24, 2.45) is 0 Å². The standard InChI is InChI=1S/C12H16N2O3/c1-8-3-4-10(7-9(8)2)14-12(17)11(16)13-5-6-15/h3-4,7,15H,5-6H2,1-2H3,(H,13,16)(H,14,17). The van der Waals surface area contributed by atoms with E-state index >= 15 is 0 Å². The molecule has 1 aromatic carbocycles. The summed E-state index contributed by atoms with van der Waals surface area (Å²) in [5.41, 5.74) is 2.74. The summed E-state index contributed by atoms with van der Waals surface area (Å²) in [6.45, 7) is 3.77. The van der Waals surface area contributed by atoms with Crippen LogP contribution in [0.4, 0.5) is 5.69 Å². The van der Waals surface area contributed by atoms with Crippen LogP contribution in [0.3, 0.4) is 0 Å². The van der Waals surface area contributed by atoms with Gasteiger partial charge in [0, 0.05) is 12.2 Å². The number of aliphatic hydroxyl groups is 1. The van der Waals surface area contributed by atoms with E-state index in [1.807, 2.05) is 19.9 Å². The third-order valence-corrected chi connectivity index (χ3v) is 2.37. The minimum atomic E-state index is -0.753. The van der Waals surface area contributed by atoms with Crippen molar-refractivity contribution in [3.63, 3.8) is 0 Å². The molecular formula is C12H16N2O3. The maximum absolute atomic E-state index is 11.4.